The van der Waals surface area contributed by atoms with E-state index in [1.54, 1.807) is 18.2 Å². The SMILES string of the molecule is COc1cccc2nc(C(=O)[C@H](CC(=O)O)NC(=O)c3ccc(CNS(=O)(=O)c4ccc(O)c(C(=O)O)c4)nc3)oc12. The number of aliphatic carboxylic acids is 1. The van der Waals surface area contributed by atoms with Gasteiger partial charge in [0.2, 0.25) is 15.8 Å². The predicted molar refractivity (Wildman–Crippen MR) is 142 cm³/mol. The summed E-state index contributed by atoms with van der Waals surface area (Å²) in [5.74, 6) is -5.33. The lowest BCUT2D eigenvalue weighted by molar-refractivity contribution is -0.137. The quantitative estimate of drug-likeness (QED) is 0.146. The number of methoxy groups -OCH3 is 1. The summed E-state index contributed by atoms with van der Waals surface area (Å²) in [6.45, 7) is -0.338. The van der Waals surface area contributed by atoms with Crippen LogP contribution in [0.3, 0.4) is 0 Å². The molecule has 2 aromatic heterocycles. The lowest BCUT2D eigenvalue weighted by Crippen LogP contribution is -2.42. The van der Waals surface area contributed by atoms with E-state index in [0.29, 0.717) is 11.3 Å². The molecule has 4 rings (SSSR count). The number of carboxylic acids is 2. The third kappa shape index (κ3) is 6.51. The van der Waals surface area contributed by atoms with Gasteiger partial charge in [-0.3, -0.25) is 19.4 Å². The maximum Gasteiger partial charge on any atom is 0.339 e. The standard InChI is InChI=1S/C26H22N4O11S/c1-40-20-4-2-3-17-23(20)41-25(30-17)22(34)18(10-21(32)33)29-24(35)13-5-6-14(27-11-13)12-28-42(38,39)15-7-8-19(31)16(9-15)26(36)37/h2-9,11,18,28,31H,10,12H2,1H3,(H,29,35)(H,32,33)(H,36,37)/t18-/m0/s1. The highest BCUT2D eigenvalue weighted by atomic mass is 32.2. The molecule has 2 aromatic carbocycles. The van der Waals surface area contributed by atoms with Gasteiger partial charge in [0.15, 0.2) is 11.3 Å². The molecule has 1 amide bonds. The number of nitrogens with zero attached hydrogens (tertiary/aromatic N) is 2. The second kappa shape index (κ2) is 12.0. The summed E-state index contributed by atoms with van der Waals surface area (Å²) in [5.41, 5.74) is -0.0188. The molecule has 1 atom stereocenters. The van der Waals surface area contributed by atoms with Crippen LogP contribution in [0.1, 0.15) is 43.5 Å². The summed E-state index contributed by atoms with van der Waals surface area (Å²) in [6.07, 6.45) is 0.323. The van der Waals surface area contributed by atoms with Crippen LogP contribution in [0, 0.1) is 0 Å². The molecule has 5 N–H and O–H groups in total. The number of carboxylic acid groups (broad SMARTS) is 2. The van der Waals surface area contributed by atoms with Crippen molar-refractivity contribution in [3.05, 3.63) is 77.4 Å². The molecule has 0 saturated carbocycles. The second-order valence-corrected chi connectivity index (χ2v) is 10.4. The number of rotatable bonds is 12. The van der Waals surface area contributed by atoms with E-state index in [0.717, 1.165) is 24.4 Å². The molecule has 0 radical (unpaired) electrons. The molecule has 218 valence electrons. The van der Waals surface area contributed by atoms with Crippen molar-refractivity contribution in [2.24, 2.45) is 0 Å². The largest absolute Gasteiger partial charge is 0.507 e. The molecule has 0 spiro atoms. The van der Waals surface area contributed by atoms with Crippen LogP contribution in [0.5, 0.6) is 11.5 Å². The van der Waals surface area contributed by atoms with Crippen molar-refractivity contribution < 1.29 is 52.1 Å². The normalized spacial score (nSPS) is 12.0. The molecule has 4 aromatic rings. The molecule has 0 bridgehead atoms. The van der Waals surface area contributed by atoms with Gasteiger partial charge in [-0.1, -0.05) is 6.07 Å². The fourth-order valence-corrected chi connectivity index (χ4v) is 4.76. The Morgan fingerprint density at radius 2 is 1.83 bits per heavy atom. The molecule has 15 nitrogen and oxygen atoms in total. The first-order valence-electron chi connectivity index (χ1n) is 11.9. The van der Waals surface area contributed by atoms with Crippen LogP contribution in [-0.2, 0) is 21.4 Å². The number of benzene rings is 2. The minimum atomic E-state index is -4.19. The topological polar surface area (TPSA) is 235 Å². The zero-order valence-electron chi connectivity index (χ0n) is 21.6. The van der Waals surface area contributed by atoms with Gasteiger partial charge in [-0.2, -0.15) is 0 Å². The molecule has 2 heterocycles. The number of carbonyl (C=O) groups is 4. The summed E-state index contributed by atoms with van der Waals surface area (Å²) < 4.78 is 38.0. The van der Waals surface area contributed by atoms with E-state index in [-0.39, 0.29) is 23.4 Å². The molecular formula is C26H22N4O11S. The van der Waals surface area contributed by atoms with Crippen LogP contribution in [0.25, 0.3) is 11.1 Å². The Balaban J connectivity index is 1.45. The fraction of sp³-hybridized carbons (Fsp3) is 0.154. The van der Waals surface area contributed by atoms with Gasteiger partial charge in [0.05, 0.1) is 36.2 Å². The average Bonchev–Trinajstić information content (AvgIpc) is 3.40. The monoisotopic (exact) mass is 598 g/mol. The molecule has 0 fully saturated rings. The van der Waals surface area contributed by atoms with Crippen LogP contribution in [-0.4, -0.2) is 70.5 Å². The lowest BCUT2D eigenvalue weighted by Gasteiger charge is -2.14. The summed E-state index contributed by atoms with van der Waals surface area (Å²) in [6, 6.07) is 8.59. The van der Waals surface area contributed by atoms with Crippen molar-refractivity contribution in [2.75, 3.05) is 7.11 Å². The number of nitrogens with one attached hydrogen (secondary N) is 2. The Morgan fingerprint density at radius 1 is 1.07 bits per heavy atom. The number of aromatic nitrogens is 2. The number of hydrogen-bond donors (Lipinski definition) is 5. The first kappa shape index (κ1) is 29.6. The van der Waals surface area contributed by atoms with E-state index < -0.39 is 68.2 Å². The van der Waals surface area contributed by atoms with Gasteiger partial charge in [-0.05, 0) is 42.5 Å². The van der Waals surface area contributed by atoms with Crippen molar-refractivity contribution >= 4 is 44.8 Å². The van der Waals surface area contributed by atoms with Gasteiger partial charge >= 0.3 is 11.9 Å². The molecule has 0 unspecified atom stereocenters. The number of oxazole rings is 1. The Bertz CT molecular complexity index is 1800. The first-order valence-corrected chi connectivity index (χ1v) is 13.4. The summed E-state index contributed by atoms with van der Waals surface area (Å²) in [5, 5.41) is 30.3. The van der Waals surface area contributed by atoms with Crippen LogP contribution < -0.4 is 14.8 Å². The Morgan fingerprint density at radius 3 is 2.48 bits per heavy atom. The zero-order valence-corrected chi connectivity index (χ0v) is 22.4. The van der Waals surface area contributed by atoms with Crippen LogP contribution >= 0.6 is 0 Å². The van der Waals surface area contributed by atoms with Crippen molar-refractivity contribution in [1.82, 2.24) is 20.0 Å². The number of sulfonamides is 1. The van der Waals surface area contributed by atoms with E-state index >= 15 is 0 Å². The van der Waals surface area contributed by atoms with Crippen LogP contribution in [0.2, 0.25) is 0 Å². The summed E-state index contributed by atoms with van der Waals surface area (Å²) >= 11 is 0. The lowest BCUT2D eigenvalue weighted by atomic mass is 10.1. The van der Waals surface area contributed by atoms with Gasteiger partial charge in [0.25, 0.3) is 11.8 Å². The number of pyridine rings is 1. The molecule has 0 aliphatic heterocycles. The van der Waals surface area contributed by atoms with Crippen molar-refractivity contribution in [1.29, 1.82) is 0 Å². The number of ketones is 1. The van der Waals surface area contributed by atoms with E-state index in [1.165, 1.54) is 19.2 Å². The fourth-order valence-electron chi connectivity index (χ4n) is 3.73. The molecule has 0 aliphatic rings. The first-order chi connectivity index (χ1) is 19.9. The van der Waals surface area contributed by atoms with E-state index in [1.807, 2.05) is 0 Å². The Hall–Kier alpha value is -5.35. The average molecular weight is 599 g/mol. The van der Waals surface area contributed by atoms with Crippen LogP contribution in [0.4, 0.5) is 0 Å². The van der Waals surface area contributed by atoms with E-state index in [2.05, 4.69) is 20.0 Å². The summed E-state index contributed by atoms with van der Waals surface area (Å²) in [7, 11) is -2.80. The van der Waals surface area contributed by atoms with Crippen LogP contribution in [0.15, 0.2) is 64.0 Å². The number of amides is 1. The van der Waals surface area contributed by atoms with E-state index in [9.17, 15) is 37.8 Å². The van der Waals surface area contributed by atoms with E-state index in [4.69, 9.17) is 14.3 Å². The van der Waals surface area contributed by atoms with Gasteiger partial charge in [-0.15, -0.1) is 0 Å². The van der Waals surface area contributed by atoms with Gasteiger partial charge in [-0.25, -0.2) is 22.9 Å². The maximum absolute atomic E-state index is 13.0. The number of para-hydroxylation sites is 1. The second-order valence-electron chi connectivity index (χ2n) is 8.66. The highest BCUT2D eigenvalue weighted by Gasteiger charge is 2.30. The summed E-state index contributed by atoms with van der Waals surface area (Å²) in [4.78, 5) is 56.1. The van der Waals surface area contributed by atoms with Crippen molar-refractivity contribution in [2.45, 2.75) is 23.9 Å². The third-order valence-corrected chi connectivity index (χ3v) is 7.25. The van der Waals surface area contributed by atoms with Gasteiger partial charge < -0.3 is 29.8 Å². The highest BCUT2D eigenvalue weighted by Crippen LogP contribution is 2.27. The smallest absolute Gasteiger partial charge is 0.339 e. The third-order valence-electron chi connectivity index (χ3n) is 5.85. The number of ether oxygens (including phenoxy) is 1. The minimum absolute atomic E-state index is 0.0614. The van der Waals surface area contributed by atoms with Gasteiger partial charge in [0, 0.05) is 6.20 Å². The van der Waals surface area contributed by atoms with Crippen molar-refractivity contribution in [3.63, 3.8) is 0 Å². The number of hydrogen-bond acceptors (Lipinski definition) is 11. The maximum atomic E-state index is 13.0. The number of aromatic hydroxyl groups is 1. The highest BCUT2D eigenvalue weighted by molar-refractivity contribution is 7.89. The minimum Gasteiger partial charge on any atom is -0.507 e. The number of aromatic carboxylic acids is 1. The number of phenols is 1. The Kier molecular flexibility index (Phi) is 8.49. The number of carbonyl (C=O) groups excluding carboxylic acids is 2. The number of Topliss-reactive ketones (excluding diaryl/α,β-unsaturated/α-hetero) is 1. The zero-order chi connectivity index (χ0) is 30.6. The molecular weight excluding hydrogens is 576 g/mol. The molecule has 0 saturated heterocycles. The molecule has 42 heavy (non-hydrogen) atoms. The van der Waals surface area contributed by atoms with Crippen molar-refractivity contribution in [3.8, 4) is 11.5 Å². The molecule has 0 aliphatic carbocycles. The van der Waals surface area contributed by atoms with Gasteiger partial charge in [0.1, 0.15) is 22.9 Å². The molecule has 16 heteroatoms. The number of fused-ring (bicyclic) bond motifs is 1. The Labute approximate surface area is 236 Å². The predicted octanol–water partition coefficient (Wildman–Crippen LogP) is 1.57.